The molecule has 0 radical (unpaired) electrons. The molecule has 1 amide bonds. The van der Waals surface area contributed by atoms with Crippen LogP contribution in [0.2, 0.25) is 0 Å². The zero-order valence-electron chi connectivity index (χ0n) is 19.4. The Bertz CT molecular complexity index is 1480. The lowest BCUT2D eigenvalue weighted by molar-refractivity contribution is 0.102. The number of pyridine rings is 1. The minimum atomic E-state index is -0.189. The normalized spacial score (nSPS) is 10.4. The van der Waals surface area contributed by atoms with Crippen LogP contribution < -0.4 is 21.7 Å². The zero-order chi connectivity index (χ0) is 24.2. The molecule has 5 N–H and O–H groups in total. The Morgan fingerprint density at radius 3 is 2.22 bits per heavy atom. The number of hydrogen-bond donors (Lipinski definition) is 4. The van der Waals surface area contributed by atoms with Gasteiger partial charge >= 0.3 is 0 Å². The third-order valence-electron chi connectivity index (χ3n) is 5.36. The molecule has 0 aliphatic rings. The average molecular weight is 498 g/mol. The summed E-state index contributed by atoms with van der Waals surface area (Å²) >= 11 is 0. The number of aromatic nitrogens is 3. The summed E-state index contributed by atoms with van der Waals surface area (Å²) in [6, 6.07) is 26.4. The van der Waals surface area contributed by atoms with Gasteiger partial charge < -0.3 is 21.7 Å². The maximum absolute atomic E-state index is 12.7. The van der Waals surface area contributed by atoms with Gasteiger partial charge in [-0.1, -0.05) is 18.2 Å². The highest BCUT2D eigenvalue weighted by molar-refractivity contribution is 6.04. The summed E-state index contributed by atoms with van der Waals surface area (Å²) in [6.07, 6.45) is 1.78. The first-order chi connectivity index (χ1) is 17.0. The van der Waals surface area contributed by atoms with Crippen molar-refractivity contribution in [3.63, 3.8) is 0 Å². The number of benzene rings is 3. The van der Waals surface area contributed by atoms with Gasteiger partial charge in [0.25, 0.3) is 5.91 Å². The molecule has 8 nitrogen and oxygen atoms in total. The summed E-state index contributed by atoms with van der Waals surface area (Å²) in [5, 5.41) is 10.5. The fourth-order valence-corrected chi connectivity index (χ4v) is 3.71. The molecule has 0 fully saturated rings. The van der Waals surface area contributed by atoms with Crippen LogP contribution in [-0.4, -0.2) is 20.9 Å². The van der Waals surface area contributed by atoms with E-state index in [0.29, 0.717) is 17.1 Å². The zero-order valence-corrected chi connectivity index (χ0v) is 20.2. The second kappa shape index (κ2) is 10.7. The molecule has 180 valence electrons. The number of nitrogens with two attached hydrogens (primary N) is 1. The number of nitrogens with one attached hydrogen (secondary N) is 3. The summed E-state index contributed by atoms with van der Waals surface area (Å²) in [4.78, 5) is 25.3. The average Bonchev–Trinajstić information content (AvgIpc) is 2.85. The Hall–Kier alpha value is -4.69. The number of aryl methyl sites for hydroxylation is 1. The Morgan fingerprint density at radius 2 is 1.47 bits per heavy atom. The van der Waals surface area contributed by atoms with Crippen molar-refractivity contribution in [2.75, 3.05) is 21.7 Å². The van der Waals surface area contributed by atoms with Gasteiger partial charge in [0.05, 0.1) is 5.52 Å². The van der Waals surface area contributed by atoms with E-state index < -0.39 is 0 Å². The molecule has 0 spiro atoms. The molecule has 36 heavy (non-hydrogen) atoms. The fraction of sp³-hybridized carbons (Fsp3) is 0.0370. The van der Waals surface area contributed by atoms with Crippen molar-refractivity contribution in [1.29, 1.82) is 0 Å². The van der Waals surface area contributed by atoms with Gasteiger partial charge in [-0.25, -0.2) is 4.98 Å². The van der Waals surface area contributed by atoms with Crippen LogP contribution in [0.1, 0.15) is 16.1 Å². The van der Waals surface area contributed by atoms with E-state index in [9.17, 15) is 4.79 Å². The molecule has 0 bridgehead atoms. The van der Waals surface area contributed by atoms with E-state index in [1.54, 1.807) is 18.3 Å². The van der Waals surface area contributed by atoms with E-state index in [4.69, 9.17) is 5.73 Å². The van der Waals surface area contributed by atoms with Gasteiger partial charge in [0.1, 0.15) is 5.82 Å². The smallest absolute Gasteiger partial charge is 0.255 e. The number of rotatable bonds is 6. The first-order valence-electron chi connectivity index (χ1n) is 11.0. The van der Waals surface area contributed by atoms with Crippen LogP contribution in [0.4, 0.5) is 34.5 Å². The quantitative estimate of drug-likeness (QED) is 0.224. The summed E-state index contributed by atoms with van der Waals surface area (Å²) in [5.41, 5.74) is 11.3. The minimum absolute atomic E-state index is 0. The van der Waals surface area contributed by atoms with Crippen molar-refractivity contribution < 1.29 is 4.79 Å². The third-order valence-corrected chi connectivity index (χ3v) is 5.36. The first-order valence-corrected chi connectivity index (χ1v) is 11.0. The van der Waals surface area contributed by atoms with Crippen LogP contribution in [0, 0.1) is 6.92 Å². The molecular formula is C27H24ClN7O. The van der Waals surface area contributed by atoms with E-state index in [2.05, 4.69) is 30.9 Å². The number of fused-ring (bicyclic) bond motifs is 1. The maximum Gasteiger partial charge on any atom is 0.255 e. The van der Waals surface area contributed by atoms with Crippen molar-refractivity contribution in [2.45, 2.75) is 6.92 Å². The van der Waals surface area contributed by atoms with E-state index in [1.165, 1.54) is 0 Å². The molecule has 0 atom stereocenters. The highest BCUT2D eigenvalue weighted by Crippen LogP contribution is 2.25. The second-order valence-corrected chi connectivity index (χ2v) is 7.99. The van der Waals surface area contributed by atoms with E-state index in [-0.39, 0.29) is 24.3 Å². The summed E-state index contributed by atoms with van der Waals surface area (Å²) in [7, 11) is 0. The molecule has 5 rings (SSSR count). The summed E-state index contributed by atoms with van der Waals surface area (Å²) < 4.78 is 0. The molecule has 5 aromatic rings. The van der Waals surface area contributed by atoms with Crippen LogP contribution >= 0.6 is 12.4 Å². The lowest BCUT2D eigenvalue weighted by Crippen LogP contribution is -2.11. The largest absolute Gasteiger partial charge is 0.368 e. The van der Waals surface area contributed by atoms with Crippen LogP contribution in [0.5, 0.6) is 0 Å². The molecule has 2 heterocycles. The van der Waals surface area contributed by atoms with Gasteiger partial charge in [-0.3, -0.25) is 9.78 Å². The van der Waals surface area contributed by atoms with Gasteiger partial charge in [-0.2, -0.15) is 4.98 Å². The van der Waals surface area contributed by atoms with Crippen molar-refractivity contribution in [2.24, 2.45) is 0 Å². The van der Waals surface area contributed by atoms with Crippen molar-refractivity contribution in [3.8, 4) is 0 Å². The Morgan fingerprint density at radius 1 is 0.806 bits per heavy atom. The number of nitrogens with zero attached hydrogens (tertiary/aromatic N) is 3. The second-order valence-electron chi connectivity index (χ2n) is 7.99. The number of anilines is 6. The molecule has 0 saturated heterocycles. The lowest BCUT2D eigenvalue weighted by atomic mass is 10.1. The lowest BCUT2D eigenvalue weighted by Gasteiger charge is -2.11. The molecule has 0 aliphatic heterocycles. The highest BCUT2D eigenvalue weighted by Gasteiger charge is 2.08. The van der Waals surface area contributed by atoms with Crippen LogP contribution in [0.25, 0.3) is 10.9 Å². The maximum atomic E-state index is 12.7. The Kier molecular flexibility index (Phi) is 7.27. The number of hydrogen-bond acceptors (Lipinski definition) is 7. The minimum Gasteiger partial charge on any atom is -0.368 e. The van der Waals surface area contributed by atoms with E-state index in [1.807, 2.05) is 79.7 Å². The van der Waals surface area contributed by atoms with E-state index in [0.717, 1.165) is 33.7 Å². The number of para-hydroxylation sites is 1. The van der Waals surface area contributed by atoms with Crippen molar-refractivity contribution in [1.82, 2.24) is 15.0 Å². The number of carbonyl (C=O) groups is 1. The molecule has 2 aromatic heterocycles. The number of nitrogen functional groups attached to an aromatic ring is 1. The SMILES string of the molecule is Cc1cc(Nc2ccc(NC(=O)c3ccc(Nc4ccnc5ccccc45)cc3)cc2)nc(N)n1.Cl. The number of halogens is 1. The van der Waals surface area contributed by atoms with Gasteiger partial charge in [-0.15, -0.1) is 12.4 Å². The van der Waals surface area contributed by atoms with Crippen molar-refractivity contribution >= 4 is 63.7 Å². The summed E-state index contributed by atoms with van der Waals surface area (Å²) in [5.74, 6) is 0.637. The molecule has 9 heteroatoms. The molecular weight excluding hydrogens is 474 g/mol. The molecule has 0 aliphatic carbocycles. The standard InChI is InChI=1S/C27H23N7O.ClH/c1-17-16-25(34-27(28)30-17)32-20-10-12-21(13-11-20)33-26(35)18-6-8-19(9-7-18)31-24-14-15-29-23-5-3-2-4-22(23)24;/h2-16H,1H3,(H,29,31)(H,33,35)(H3,28,30,32,34);1H. The third kappa shape index (κ3) is 5.68. The van der Waals surface area contributed by atoms with Crippen molar-refractivity contribution in [3.05, 3.63) is 102 Å². The first kappa shape index (κ1) is 24.4. The predicted octanol–water partition coefficient (Wildman–Crippen LogP) is 6.08. The van der Waals surface area contributed by atoms with Gasteiger partial charge in [-0.05, 0) is 67.6 Å². The van der Waals surface area contributed by atoms with Gasteiger partial charge in [0.15, 0.2) is 0 Å². The Balaban J connectivity index is 0.00000304. The van der Waals surface area contributed by atoms with Crippen LogP contribution in [-0.2, 0) is 0 Å². The van der Waals surface area contributed by atoms with Gasteiger partial charge in [0.2, 0.25) is 5.95 Å². The molecule has 0 saturated carbocycles. The predicted molar refractivity (Wildman–Crippen MR) is 148 cm³/mol. The van der Waals surface area contributed by atoms with Gasteiger partial charge in [0, 0.05) is 51.7 Å². The fourth-order valence-electron chi connectivity index (χ4n) is 3.71. The van der Waals surface area contributed by atoms with E-state index >= 15 is 0 Å². The number of amides is 1. The summed E-state index contributed by atoms with van der Waals surface area (Å²) in [6.45, 7) is 1.85. The monoisotopic (exact) mass is 497 g/mol. The number of carbonyl (C=O) groups excluding carboxylic acids is 1. The molecule has 0 unspecified atom stereocenters. The Labute approximate surface area is 214 Å². The van der Waals surface area contributed by atoms with Crippen LogP contribution in [0.15, 0.2) is 91.1 Å². The topological polar surface area (TPSA) is 118 Å². The molecule has 3 aromatic carbocycles. The van der Waals surface area contributed by atoms with Crippen LogP contribution in [0.3, 0.4) is 0 Å². The highest BCUT2D eigenvalue weighted by atomic mass is 35.5.